The third kappa shape index (κ3) is 2.87. The quantitative estimate of drug-likeness (QED) is 0.897. The van der Waals surface area contributed by atoms with Crippen LogP contribution in [0, 0.1) is 6.92 Å². The van der Waals surface area contributed by atoms with Gasteiger partial charge in [-0.15, -0.1) is 0 Å². The number of benzene rings is 1. The molecule has 94 valence electrons. The minimum absolute atomic E-state index is 0.613. The first kappa shape index (κ1) is 12.6. The Morgan fingerprint density at radius 3 is 2.83 bits per heavy atom. The van der Waals surface area contributed by atoms with Gasteiger partial charge in [-0.25, -0.2) is 0 Å². The highest BCUT2D eigenvalue weighted by atomic mass is 16.5. The third-order valence-corrected chi connectivity index (χ3v) is 2.70. The second kappa shape index (κ2) is 5.65. The van der Waals surface area contributed by atoms with Gasteiger partial charge in [0.15, 0.2) is 0 Å². The number of rotatable bonds is 4. The van der Waals surface area contributed by atoms with E-state index in [1.807, 2.05) is 50.2 Å². The lowest BCUT2D eigenvalue weighted by molar-refractivity contribution is 0.214. The first-order valence-electron chi connectivity index (χ1n) is 6.04. The van der Waals surface area contributed by atoms with Gasteiger partial charge in [0.05, 0.1) is 12.3 Å². The van der Waals surface area contributed by atoms with Crippen molar-refractivity contribution < 1.29 is 9.84 Å². The van der Waals surface area contributed by atoms with Gasteiger partial charge in [-0.3, -0.25) is 4.98 Å². The summed E-state index contributed by atoms with van der Waals surface area (Å²) in [6.07, 6.45) is 0.991. The molecule has 2 rings (SSSR count). The van der Waals surface area contributed by atoms with Crippen LogP contribution in [0.3, 0.4) is 0 Å². The van der Waals surface area contributed by atoms with Crippen molar-refractivity contribution in [3.8, 4) is 5.75 Å². The molecular weight excluding hydrogens is 226 g/mol. The van der Waals surface area contributed by atoms with E-state index in [-0.39, 0.29) is 0 Å². The number of aliphatic hydroxyl groups excluding tert-OH is 1. The van der Waals surface area contributed by atoms with Gasteiger partial charge in [0, 0.05) is 6.20 Å². The zero-order valence-electron chi connectivity index (χ0n) is 10.6. The predicted octanol–water partition coefficient (Wildman–Crippen LogP) is 2.87. The molecule has 3 heteroatoms. The van der Waals surface area contributed by atoms with Crippen molar-refractivity contribution >= 4 is 0 Å². The fraction of sp³-hybridized carbons (Fsp3) is 0.267. The molecule has 1 N–H and O–H groups in total. The Labute approximate surface area is 107 Å². The molecular formula is C15H17NO2. The highest BCUT2D eigenvalue weighted by molar-refractivity contribution is 5.34. The van der Waals surface area contributed by atoms with Gasteiger partial charge in [0.2, 0.25) is 0 Å². The molecule has 2 aromatic rings. The number of hydrogen-bond acceptors (Lipinski definition) is 3. The molecule has 0 bridgehead atoms. The predicted molar refractivity (Wildman–Crippen MR) is 70.6 cm³/mol. The van der Waals surface area contributed by atoms with Gasteiger partial charge in [-0.1, -0.05) is 12.1 Å². The molecule has 1 unspecified atom stereocenters. The van der Waals surface area contributed by atoms with Crippen molar-refractivity contribution in [3.05, 3.63) is 59.4 Å². The standard InChI is InChI=1S/C15H17NO2/c1-3-18-13-6-4-5-12(10-13)15(17)14-9-11(2)7-8-16-14/h4-10,15,17H,3H2,1-2H3. The SMILES string of the molecule is CCOc1cccc(C(O)c2cc(C)ccn2)c1. The number of aromatic nitrogens is 1. The molecule has 0 aliphatic carbocycles. The van der Waals surface area contributed by atoms with Gasteiger partial charge in [0.25, 0.3) is 0 Å². The summed E-state index contributed by atoms with van der Waals surface area (Å²) in [5, 5.41) is 10.3. The van der Waals surface area contributed by atoms with Gasteiger partial charge in [-0.2, -0.15) is 0 Å². The lowest BCUT2D eigenvalue weighted by Crippen LogP contribution is -2.03. The van der Waals surface area contributed by atoms with E-state index in [1.54, 1.807) is 6.20 Å². The third-order valence-electron chi connectivity index (χ3n) is 2.70. The average Bonchev–Trinajstić information content (AvgIpc) is 2.39. The number of pyridine rings is 1. The summed E-state index contributed by atoms with van der Waals surface area (Å²) in [6, 6.07) is 11.3. The monoisotopic (exact) mass is 243 g/mol. The van der Waals surface area contributed by atoms with E-state index < -0.39 is 6.10 Å². The molecule has 0 saturated carbocycles. The summed E-state index contributed by atoms with van der Waals surface area (Å²) in [5.41, 5.74) is 2.53. The topological polar surface area (TPSA) is 42.4 Å². The van der Waals surface area contributed by atoms with Gasteiger partial charge in [-0.05, 0) is 49.2 Å². The second-order valence-electron chi connectivity index (χ2n) is 4.17. The van der Waals surface area contributed by atoms with Crippen molar-refractivity contribution in [1.29, 1.82) is 0 Å². The molecule has 0 spiro atoms. The molecule has 18 heavy (non-hydrogen) atoms. The smallest absolute Gasteiger partial charge is 0.121 e. The van der Waals surface area contributed by atoms with Crippen molar-refractivity contribution in [2.75, 3.05) is 6.61 Å². The number of ether oxygens (including phenoxy) is 1. The summed E-state index contributed by atoms with van der Waals surface area (Å²) < 4.78 is 5.42. The molecule has 1 aromatic carbocycles. The van der Waals surface area contributed by atoms with Crippen molar-refractivity contribution in [1.82, 2.24) is 4.98 Å². The van der Waals surface area contributed by atoms with Crippen LogP contribution in [-0.4, -0.2) is 16.7 Å². The van der Waals surface area contributed by atoms with E-state index in [9.17, 15) is 5.11 Å². The van der Waals surface area contributed by atoms with E-state index >= 15 is 0 Å². The van der Waals surface area contributed by atoms with Gasteiger partial charge in [0.1, 0.15) is 11.9 Å². The highest BCUT2D eigenvalue weighted by Gasteiger charge is 2.12. The molecule has 1 heterocycles. The van der Waals surface area contributed by atoms with E-state index in [2.05, 4.69) is 4.98 Å². The van der Waals surface area contributed by atoms with Crippen LogP contribution in [0.15, 0.2) is 42.6 Å². The molecule has 0 aliphatic heterocycles. The molecule has 0 radical (unpaired) electrons. The van der Waals surface area contributed by atoms with Crippen LogP contribution in [0.2, 0.25) is 0 Å². The maximum Gasteiger partial charge on any atom is 0.121 e. The number of nitrogens with zero attached hydrogens (tertiary/aromatic N) is 1. The summed E-state index contributed by atoms with van der Waals surface area (Å²) >= 11 is 0. The number of aliphatic hydroxyl groups is 1. The van der Waals surface area contributed by atoms with Crippen molar-refractivity contribution in [2.45, 2.75) is 20.0 Å². The Hall–Kier alpha value is -1.87. The Morgan fingerprint density at radius 2 is 2.11 bits per heavy atom. The van der Waals surface area contributed by atoms with Gasteiger partial charge >= 0.3 is 0 Å². The van der Waals surface area contributed by atoms with E-state index in [4.69, 9.17) is 4.74 Å². The molecule has 1 atom stereocenters. The molecule has 0 fully saturated rings. The largest absolute Gasteiger partial charge is 0.494 e. The Balaban J connectivity index is 2.27. The fourth-order valence-electron chi connectivity index (χ4n) is 1.82. The molecule has 0 saturated heterocycles. The average molecular weight is 243 g/mol. The zero-order valence-corrected chi connectivity index (χ0v) is 10.6. The van der Waals surface area contributed by atoms with Crippen LogP contribution in [-0.2, 0) is 0 Å². The van der Waals surface area contributed by atoms with Crippen LogP contribution >= 0.6 is 0 Å². The minimum Gasteiger partial charge on any atom is -0.494 e. The first-order valence-corrected chi connectivity index (χ1v) is 6.04. The van der Waals surface area contributed by atoms with E-state index in [0.717, 1.165) is 16.9 Å². The summed E-state index contributed by atoms with van der Waals surface area (Å²) in [4.78, 5) is 4.20. The number of aryl methyl sites for hydroxylation is 1. The van der Waals surface area contributed by atoms with Gasteiger partial charge < -0.3 is 9.84 Å². The summed E-state index contributed by atoms with van der Waals surface area (Å²) in [6.45, 7) is 4.53. The van der Waals surface area contributed by atoms with Crippen molar-refractivity contribution in [2.24, 2.45) is 0 Å². The van der Waals surface area contributed by atoms with E-state index in [1.165, 1.54) is 0 Å². The lowest BCUT2D eigenvalue weighted by atomic mass is 10.0. The second-order valence-corrected chi connectivity index (χ2v) is 4.17. The maximum absolute atomic E-state index is 10.3. The molecule has 1 aromatic heterocycles. The summed E-state index contributed by atoms with van der Waals surface area (Å²) in [7, 11) is 0. The van der Waals surface area contributed by atoms with Crippen molar-refractivity contribution in [3.63, 3.8) is 0 Å². The van der Waals surface area contributed by atoms with E-state index in [0.29, 0.717) is 12.3 Å². The minimum atomic E-state index is -0.717. The summed E-state index contributed by atoms with van der Waals surface area (Å²) in [5.74, 6) is 0.765. The first-order chi connectivity index (χ1) is 8.70. The van der Waals surface area contributed by atoms with Crippen LogP contribution in [0.5, 0.6) is 5.75 Å². The highest BCUT2D eigenvalue weighted by Crippen LogP contribution is 2.24. The van der Waals surface area contributed by atoms with Crippen LogP contribution in [0.4, 0.5) is 0 Å². The Morgan fingerprint density at radius 1 is 1.28 bits per heavy atom. The Bertz CT molecular complexity index is 525. The van der Waals surface area contributed by atoms with Crippen LogP contribution in [0.1, 0.15) is 29.8 Å². The molecule has 0 aliphatic rings. The maximum atomic E-state index is 10.3. The Kier molecular flexibility index (Phi) is 3.95. The zero-order chi connectivity index (χ0) is 13.0. The fourth-order valence-corrected chi connectivity index (χ4v) is 1.82. The van der Waals surface area contributed by atoms with Crippen LogP contribution in [0.25, 0.3) is 0 Å². The normalized spacial score (nSPS) is 12.2. The number of hydrogen-bond donors (Lipinski definition) is 1. The molecule has 3 nitrogen and oxygen atoms in total. The molecule has 0 amide bonds. The lowest BCUT2D eigenvalue weighted by Gasteiger charge is -2.12. The van der Waals surface area contributed by atoms with Crippen LogP contribution < -0.4 is 4.74 Å².